The van der Waals surface area contributed by atoms with Gasteiger partial charge in [0.05, 0.1) is 12.2 Å². The predicted molar refractivity (Wildman–Crippen MR) is 76.7 cm³/mol. The molecule has 1 heterocycles. The van der Waals surface area contributed by atoms with Crippen LogP contribution < -0.4 is 4.72 Å². The zero-order valence-electron chi connectivity index (χ0n) is 12.4. The smallest absolute Gasteiger partial charge is 0.279 e. The zero-order chi connectivity index (χ0) is 14.6. The maximum absolute atomic E-state index is 12.1. The van der Waals surface area contributed by atoms with Gasteiger partial charge in [-0.25, -0.2) is 4.72 Å². The van der Waals surface area contributed by atoms with Gasteiger partial charge in [0.25, 0.3) is 10.2 Å². The Balaban J connectivity index is 1.64. The molecule has 118 valence electrons. The Labute approximate surface area is 122 Å². The summed E-state index contributed by atoms with van der Waals surface area (Å²) in [4.78, 5) is 0. The Morgan fingerprint density at radius 1 is 1.25 bits per heavy atom. The molecule has 1 aliphatic carbocycles. The van der Waals surface area contributed by atoms with Crippen LogP contribution in [-0.4, -0.2) is 57.8 Å². The van der Waals surface area contributed by atoms with E-state index in [1.54, 1.807) is 0 Å². The summed E-state index contributed by atoms with van der Waals surface area (Å²) in [6.07, 6.45) is 3.15. The van der Waals surface area contributed by atoms with E-state index in [9.17, 15) is 8.42 Å². The third-order valence-corrected chi connectivity index (χ3v) is 5.07. The first kappa shape index (κ1) is 16.2. The lowest BCUT2D eigenvalue weighted by molar-refractivity contribution is -0.0444. The largest absolute Gasteiger partial charge is 0.381 e. The van der Waals surface area contributed by atoms with Gasteiger partial charge in [-0.05, 0) is 39.0 Å². The second kappa shape index (κ2) is 7.17. The van der Waals surface area contributed by atoms with Crippen molar-refractivity contribution in [2.24, 2.45) is 5.92 Å². The fourth-order valence-corrected chi connectivity index (χ4v) is 3.73. The van der Waals surface area contributed by atoms with Crippen molar-refractivity contribution in [3.63, 3.8) is 0 Å². The molecule has 1 saturated carbocycles. The van der Waals surface area contributed by atoms with E-state index in [4.69, 9.17) is 9.47 Å². The zero-order valence-corrected chi connectivity index (χ0v) is 13.2. The summed E-state index contributed by atoms with van der Waals surface area (Å²) in [5.74, 6) is 0.753. The first-order chi connectivity index (χ1) is 9.47. The summed E-state index contributed by atoms with van der Waals surface area (Å²) in [5.41, 5.74) is 0. The highest BCUT2D eigenvalue weighted by atomic mass is 32.2. The van der Waals surface area contributed by atoms with Crippen molar-refractivity contribution in [3.05, 3.63) is 0 Å². The van der Waals surface area contributed by atoms with Gasteiger partial charge in [-0.15, -0.1) is 0 Å². The standard InChI is InChI=1S/C13H26N2O4S/c1-11-8-15(9-12(2)19-11)20(16,17)14-6-3-7-18-10-13-4-5-13/h11-14H,3-10H2,1-2H3/t11-,12+. The lowest BCUT2D eigenvalue weighted by atomic mass is 10.3. The van der Waals surface area contributed by atoms with Gasteiger partial charge < -0.3 is 9.47 Å². The fraction of sp³-hybridized carbons (Fsp3) is 1.00. The molecule has 20 heavy (non-hydrogen) atoms. The van der Waals surface area contributed by atoms with Crippen LogP contribution in [0.2, 0.25) is 0 Å². The van der Waals surface area contributed by atoms with Crippen LogP contribution in [0.15, 0.2) is 0 Å². The third-order valence-electron chi connectivity index (χ3n) is 3.53. The first-order valence-corrected chi connectivity index (χ1v) is 8.89. The van der Waals surface area contributed by atoms with Gasteiger partial charge in [-0.1, -0.05) is 0 Å². The van der Waals surface area contributed by atoms with Gasteiger partial charge in [0.2, 0.25) is 0 Å². The number of nitrogens with zero attached hydrogens (tertiary/aromatic N) is 1. The second-order valence-corrected chi connectivity index (χ2v) is 7.60. The van der Waals surface area contributed by atoms with Crippen molar-refractivity contribution in [1.82, 2.24) is 9.03 Å². The quantitative estimate of drug-likeness (QED) is 0.672. The van der Waals surface area contributed by atoms with Gasteiger partial charge in [0, 0.05) is 32.8 Å². The minimum atomic E-state index is -3.39. The molecule has 0 amide bonds. The van der Waals surface area contributed by atoms with Gasteiger partial charge in [-0.3, -0.25) is 0 Å². The van der Waals surface area contributed by atoms with Crippen molar-refractivity contribution in [2.75, 3.05) is 32.8 Å². The molecule has 0 radical (unpaired) electrons. The Hall–Kier alpha value is -0.210. The Morgan fingerprint density at radius 2 is 1.90 bits per heavy atom. The molecule has 1 aliphatic heterocycles. The number of hydrogen-bond donors (Lipinski definition) is 1. The SMILES string of the molecule is C[C@@H]1CN(S(=O)(=O)NCCCOCC2CC2)C[C@H](C)O1. The van der Waals surface area contributed by atoms with Crippen molar-refractivity contribution in [3.8, 4) is 0 Å². The van der Waals surface area contributed by atoms with Gasteiger partial charge in [-0.2, -0.15) is 12.7 Å². The van der Waals surface area contributed by atoms with Gasteiger partial charge in [0.15, 0.2) is 0 Å². The summed E-state index contributed by atoms with van der Waals surface area (Å²) >= 11 is 0. The highest BCUT2D eigenvalue weighted by molar-refractivity contribution is 7.87. The number of rotatable bonds is 8. The van der Waals surface area contributed by atoms with Crippen LogP contribution in [-0.2, 0) is 19.7 Å². The average Bonchev–Trinajstić information content (AvgIpc) is 3.16. The highest BCUT2D eigenvalue weighted by Gasteiger charge is 2.30. The molecule has 0 aromatic carbocycles. The van der Waals surface area contributed by atoms with E-state index in [0.717, 1.165) is 12.5 Å². The highest BCUT2D eigenvalue weighted by Crippen LogP contribution is 2.28. The fourth-order valence-electron chi connectivity index (χ4n) is 2.33. The molecular weight excluding hydrogens is 280 g/mol. The maximum atomic E-state index is 12.1. The van der Waals surface area contributed by atoms with E-state index in [2.05, 4.69) is 4.72 Å². The number of hydrogen-bond acceptors (Lipinski definition) is 4. The van der Waals surface area contributed by atoms with E-state index >= 15 is 0 Å². The lowest BCUT2D eigenvalue weighted by Gasteiger charge is -2.34. The molecule has 7 heteroatoms. The van der Waals surface area contributed by atoms with Crippen molar-refractivity contribution in [2.45, 2.75) is 45.3 Å². The van der Waals surface area contributed by atoms with Crippen LogP contribution in [0.3, 0.4) is 0 Å². The topological polar surface area (TPSA) is 67.9 Å². The van der Waals surface area contributed by atoms with Crippen LogP contribution in [0.5, 0.6) is 0 Å². The Kier molecular flexibility index (Phi) is 5.80. The van der Waals surface area contributed by atoms with E-state index in [1.807, 2.05) is 13.8 Å². The number of morpholine rings is 1. The van der Waals surface area contributed by atoms with Crippen LogP contribution >= 0.6 is 0 Å². The number of ether oxygens (including phenoxy) is 2. The van der Waals surface area contributed by atoms with Crippen LogP contribution in [0.25, 0.3) is 0 Å². The normalized spacial score (nSPS) is 28.7. The molecule has 1 N–H and O–H groups in total. The third kappa shape index (κ3) is 5.29. The molecule has 2 rings (SSSR count). The van der Waals surface area contributed by atoms with E-state index < -0.39 is 10.2 Å². The van der Waals surface area contributed by atoms with E-state index in [1.165, 1.54) is 17.1 Å². The minimum absolute atomic E-state index is 0.0581. The molecule has 0 spiro atoms. The Morgan fingerprint density at radius 3 is 2.50 bits per heavy atom. The Bertz CT molecular complexity index is 387. The van der Waals surface area contributed by atoms with Crippen molar-refractivity contribution in [1.29, 1.82) is 0 Å². The monoisotopic (exact) mass is 306 g/mol. The molecule has 2 atom stereocenters. The molecule has 2 fully saturated rings. The molecule has 0 aromatic heterocycles. The lowest BCUT2D eigenvalue weighted by Crippen LogP contribution is -2.52. The molecule has 0 unspecified atom stereocenters. The van der Waals surface area contributed by atoms with E-state index in [0.29, 0.717) is 32.7 Å². The molecule has 0 aromatic rings. The maximum Gasteiger partial charge on any atom is 0.279 e. The summed E-state index contributed by atoms with van der Waals surface area (Å²) in [7, 11) is -3.39. The molecule has 6 nitrogen and oxygen atoms in total. The molecule has 0 bridgehead atoms. The van der Waals surface area contributed by atoms with Crippen LogP contribution in [0.4, 0.5) is 0 Å². The minimum Gasteiger partial charge on any atom is -0.381 e. The van der Waals surface area contributed by atoms with Crippen LogP contribution in [0, 0.1) is 5.92 Å². The first-order valence-electron chi connectivity index (χ1n) is 7.45. The average molecular weight is 306 g/mol. The van der Waals surface area contributed by atoms with Gasteiger partial charge >= 0.3 is 0 Å². The van der Waals surface area contributed by atoms with E-state index in [-0.39, 0.29) is 12.2 Å². The van der Waals surface area contributed by atoms with Crippen LogP contribution in [0.1, 0.15) is 33.1 Å². The van der Waals surface area contributed by atoms with Crippen molar-refractivity contribution >= 4 is 10.2 Å². The summed E-state index contributed by atoms with van der Waals surface area (Å²) in [6, 6.07) is 0. The van der Waals surface area contributed by atoms with Crippen molar-refractivity contribution < 1.29 is 17.9 Å². The summed E-state index contributed by atoms with van der Waals surface area (Å²) < 4.78 is 39.4. The molecule has 2 aliphatic rings. The summed E-state index contributed by atoms with van der Waals surface area (Å²) in [5, 5.41) is 0. The second-order valence-electron chi connectivity index (χ2n) is 5.85. The molecular formula is C13H26N2O4S. The predicted octanol–water partition coefficient (Wildman–Crippen LogP) is 0.747. The molecule has 1 saturated heterocycles. The van der Waals surface area contributed by atoms with Gasteiger partial charge in [0.1, 0.15) is 0 Å². The number of nitrogens with one attached hydrogen (secondary N) is 1. The summed E-state index contributed by atoms with van der Waals surface area (Å²) in [6.45, 7) is 6.48.